The zero-order valence-corrected chi connectivity index (χ0v) is 22.6. The Kier molecular flexibility index (Phi) is 7.69. The number of nitrogens with zero attached hydrogens (tertiary/aromatic N) is 3. The van der Waals surface area contributed by atoms with Gasteiger partial charge < -0.3 is 4.74 Å². The number of halogens is 3. The van der Waals surface area contributed by atoms with Crippen LogP contribution in [0.1, 0.15) is 65.5 Å². The van der Waals surface area contributed by atoms with E-state index >= 15 is 0 Å². The highest BCUT2D eigenvalue weighted by atomic mass is 19.4. The summed E-state index contributed by atoms with van der Waals surface area (Å²) in [7, 11) is 0. The predicted molar refractivity (Wildman–Crippen MR) is 139 cm³/mol. The van der Waals surface area contributed by atoms with Gasteiger partial charge in [-0.15, -0.1) is 13.2 Å². The lowest BCUT2D eigenvalue weighted by atomic mass is 9.72. The molecule has 10 heteroatoms. The van der Waals surface area contributed by atoms with Crippen LogP contribution < -0.4 is 4.74 Å². The van der Waals surface area contributed by atoms with Gasteiger partial charge in [-0.2, -0.15) is 0 Å². The average Bonchev–Trinajstić information content (AvgIpc) is 3.13. The van der Waals surface area contributed by atoms with Crippen LogP contribution in [0.2, 0.25) is 0 Å². The quantitative estimate of drug-likeness (QED) is 0.326. The summed E-state index contributed by atoms with van der Waals surface area (Å²) in [6, 6.07) is 0.815. The molecule has 39 heavy (non-hydrogen) atoms. The van der Waals surface area contributed by atoms with Gasteiger partial charge in [-0.05, 0) is 42.7 Å². The maximum Gasteiger partial charge on any atom is 0.574 e. The number of aromatic nitrogens is 1. The second-order valence-corrected chi connectivity index (χ2v) is 10.8. The van der Waals surface area contributed by atoms with E-state index in [0.717, 1.165) is 18.0 Å². The molecule has 1 amide bonds. The van der Waals surface area contributed by atoms with E-state index in [4.69, 9.17) is 0 Å². The number of ether oxygens (including phenoxy) is 1. The third-order valence-electron chi connectivity index (χ3n) is 7.91. The standard InChI is InChI=1S/C29H32F3N3O4/c1-6-20-21(9-7-17(4)34-20)35-24(19-8-10-22(33-15-19)39-29(30,31)32)23(26(37)27(35)38)25(36)18-11-13-28(5,14-12-18)16(2)3/h8-13,15-16,20,23-24H,6-7,14H2,1-5H3. The largest absolute Gasteiger partial charge is 0.574 e. The second-order valence-electron chi connectivity index (χ2n) is 10.8. The van der Waals surface area contributed by atoms with Gasteiger partial charge in [-0.3, -0.25) is 24.3 Å². The second kappa shape index (κ2) is 10.5. The molecule has 1 aromatic rings. The summed E-state index contributed by atoms with van der Waals surface area (Å²) in [5.74, 6) is -3.99. The molecule has 0 aromatic carbocycles. The Morgan fingerprint density at radius 1 is 1.23 bits per heavy atom. The Morgan fingerprint density at radius 2 is 1.95 bits per heavy atom. The number of carbonyl (C=O) groups is 3. The zero-order chi connectivity index (χ0) is 28.7. The fraction of sp³-hybridized carbons (Fsp3) is 0.483. The van der Waals surface area contributed by atoms with Gasteiger partial charge in [0, 0.05) is 35.7 Å². The predicted octanol–water partition coefficient (Wildman–Crippen LogP) is 5.69. The summed E-state index contributed by atoms with van der Waals surface area (Å²) in [4.78, 5) is 50.5. The summed E-state index contributed by atoms with van der Waals surface area (Å²) >= 11 is 0. The maximum absolute atomic E-state index is 13.8. The topological polar surface area (TPSA) is 88.9 Å². The van der Waals surface area contributed by atoms with Crippen LogP contribution in [0.3, 0.4) is 0 Å². The van der Waals surface area contributed by atoms with Gasteiger partial charge in [0.05, 0.1) is 12.1 Å². The molecule has 1 aliphatic carbocycles. The van der Waals surface area contributed by atoms with Crippen LogP contribution in [-0.2, 0) is 14.4 Å². The monoisotopic (exact) mass is 543 g/mol. The first kappa shape index (κ1) is 28.4. The lowest BCUT2D eigenvalue weighted by Gasteiger charge is -2.34. The molecule has 0 bridgehead atoms. The Hall–Kier alpha value is -3.56. The number of Topliss-reactive ketones (excluding diaryl/α,β-unsaturated/α-hetero) is 2. The van der Waals surface area contributed by atoms with Crippen LogP contribution in [0.5, 0.6) is 5.88 Å². The van der Waals surface area contributed by atoms with Crippen molar-refractivity contribution < 1.29 is 32.3 Å². The molecule has 1 aromatic heterocycles. The number of likely N-dealkylation sites (tertiary alicyclic amines) is 1. The van der Waals surface area contributed by atoms with Gasteiger partial charge in [-0.25, -0.2) is 4.98 Å². The first-order chi connectivity index (χ1) is 18.3. The van der Waals surface area contributed by atoms with Crippen LogP contribution in [0.25, 0.3) is 0 Å². The van der Waals surface area contributed by atoms with Crippen molar-refractivity contribution in [1.29, 1.82) is 0 Å². The number of dihydropyridines is 1. The highest BCUT2D eigenvalue weighted by Crippen LogP contribution is 2.44. The van der Waals surface area contributed by atoms with Crippen molar-refractivity contribution in [3.63, 3.8) is 0 Å². The number of allylic oxidation sites excluding steroid dienone is 5. The lowest BCUT2D eigenvalue weighted by Crippen LogP contribution is -2.36. The van der Waals surface area contributed by atoms with E-state index in [-0.39, 0.29) is 11.0 Å². The minimum absolute atomic E-state index is 0.153. The summed E-state index contributed by atoms with van der Waals surface area (Å²) in [5.41, 5.74) is 1.79. The molecule has 3 aliphatic rings. The van der Waals surface area contributed by atoms with Gasteiger partial charge in [0.15, 0.2) is 5.78 Å². The normalized spacial score (nSPS) is 27.5. The number of carbonyl (C=O) groups excluding carboxylic acids is 3. The van der Waals surface area contributed by atoms with E-state index in [9.17, 15) is 27.6 Å². The number of aliphatic imine (C=N–C) groups is 1. The zero-order valence-electron chi connectivity index (χ0n) is 22.6. The van der Waals surface area contributed by atoms with E-state index in [1.165, 1.54) is 11.0 Å². The number of pyridine rings is 1. The Bertz CT molecular complexity index is 1290. The van der Waals surface area contributed by atoms with Gasteiger partial charge in [-0.1, -0.05) is 52.0 Å². The highest BCUT2D eigenvalue weighted by Gasteiger charge is 2.54. The Balaban J connectivity index is 1.76. The van der Waals surface area contributed by atoms with Crippen molar-refractivity contribution in [3.05, 3.63) is 59.5 Å². The van der Waals surface area contributed by atoms with Crippen molar-refractivity contribution in [2.24, 2.45) is 22.2 Å². The Morgan fingerprint density at radius 3 is 2.49 bits per heavy atom. The number of rotatable bonds is 7. The van der Waals surface area contributed by atoms with Crippen LogP contribution in [-0.4, -0.2) is 45.5 Å². The van der Waals surface area contributed by atoms with Crippen LogP contribution in [0.15, 0.2) is 58.9 Å². The number of ketones is 2. The molecule has 4 rings (SSSR count). The molecule has 7 nitrogen and oxygen atoms in total. The van der Waals surface area contributed by atoms with Crippen LogP contribution in [0, 0.1) is 17.3 Å². The molecule has 3 heterocycles. The van der Waals surface area contributed by atoms with Gasteiger partial charge >= 0.3 is 6.36 Å². The number of hydrogen-bond acceptors (Lipinski definition) is 6. The molecule has 2 aliphatic heterocycles. The van der Waals surface area contributed by atoms with E-state index in [1.807, 2.05) is 26.0 Å². The van der Waals surface area contributed by atoms with E-state index in [2.05, 4.69) is 35.5 Å². The van der Waals surface area contributed by atoms with Crippen molar-refractivity contribution in [2.45, 2.75) is 72.3 Å². The third-order valence-corrected chi connectivity index (χ3v) is 7.91. The van der Waals surface area contributed by atoms with E-state index < -0.39 is 47.7 Å². The van der Waals surface area contributed by atoms with Crippen molar-refractivity contribution in [1.82, 2.24) is 9.88 Å². The summed E-state index contributed by atoms with van der Waals surface area (Å²) in [6.07, 6.45) is 5.06. The fourth-order valence-corrected chi connectivity index (χ4v) is 5.17. The molecule has 0 radical (unpaired) electrons. The Labute approximate surface area is 225 Å². The van der Waals surface area contributed by atoms with Crippen LogP contribution >= 0.6 is 0 Å². The average molecular weight is 544 g/mol. The smallest absolute Gasteiger partial charge is 0.388 e. The number of hydrogen-bond donors (Lipinski definition) is 0. The van der Waals surface area contributed by atoms with E-state index in [1.54, 1.807) is 12.2 Å². The fourth-order valence-electron chi connectivity index (χ4n) is 5.17. The molecule has 4 unspecified atom stereocenters. The number of alkyl halides is 3. The molecule has 1 fully saturated rings. The molecule has 0 spiro atoms. The summed E-state index contributed by atoms with van der Waals surface area (Å²) in [5, 5.41) is 0. The van der Waals surface area contributed by atoms with Crippen molar-refractivity contribution in [2.75, 3.05) is 0 Å². The minimum atomic E-state index is -4.93. The highest BCUT2D eigenvalue weighted by molar-refractivity contribution is 6.44. The molecular weight excluding hydrogens is 511 g/mol. The van der Waals surface area contributed by atoms with Crippen molar-refractivity contribution in [3.8, 4) is 5.88 Å². The van der Waals surface area contributed by atoms with Crippen LogP contribution in [0.4, 0.5) is 13.2 Å². The van der Waals surface area contributed by atoms with Gasteiger partial charge in [0.25, 0.3) is 5.91 Å². The number of amides is 1. The third kappa shape index (κ3) is 5.60. The van der Waals surface area contributed by atoms with E-state index in [0.29, 0.717) is 36.5 Å². The SMILES string of the molecule is CCC1N=C(C)CC=C1N1C(=O)C(=O)C(C(=O)C2=CCC(C)(C(C)C)C=C2)C1c1ccc(OC(F)(F)F)nc1. The maximum atomic E-state index is 13.8. The molecular formula is C29H32F3N3O4. The van der Waals surface area contributed by atoms with Crippen molar-refractivity contribution >= 4 is 23.2 Å². The first-order valence-corrected chi connectivity index (χ1v) is 13.0. The first-order valence-electron chi connectivity index (χ1n) is 13.0. The molecule has 4 atom stereocenters. The molecule has 0 saturated carbocycles. The lowest BCUT2D eigenvalue weighted by molar-refractivity contribution is -0.276. The van der Waals surface area contributed by atoms with Gasteiger partial charge in [0.2, 0.25) is 11.7 Å². The molecule has 1 saturated heterocycles. The molecule has 208 valence electrons. The summed E-state index contributed by atoms with van der Waals surface area (Å²) in [6.45, 7) is 10.0. The summed E-state index contributed by atoms with van der Waals surface area (Å²) < 4.78 is 42.0. The van der Waals surface area contributed by atoms with Gasteiger partial charge in [0.1, 0.15) is 5.92 Å². The molecule has 0 N–H and O–H groups in total. The minimum Gasteiger partial charge on any atom is -0.388 e.